The molecule has 144 valence electrons. The zero-order valence-corrected chi connectivity index (χ0v) is 16.7. The summed E-state index contributed by atoms with van der Waals surface area (Å²) in [5, 5.41) is 2.89. The Kier molecular flexibility index (Phi) is 6.81. The van der Waals surface area contributed by atoms with Gasteiger partial charge in [-0.05, 0) is 41.4 Å². The highest BCUT2D eigenvalue weighted by atomic mass is 79.9. The van der Waals surface area contributed by atoms with E-state index >= 15 is 0 Å². The van der Waals surface area contributed by atoms with Gasteiger partial charge < -0.3 is 24.3 Å². The van der Waals surface area contributed by atoms with E-state index in [0.717, 1.165) is 4.47 Å². The topological polar surface area (TPSA) is 66.0 Å². The average molecular weight is 436 g/mol. The maximum atomic E-state index is 12.2. The molecule has 0 atom stereocenters. The van der Waals surface area contributed by atoms with Gasteiger partial charge in [0, 0.05) is 23.0 Å². The van der Waals surface area contributed by atoms with Crippen LogP contribution in [0.1, 0.15) is 19.8 Å². The van der Waals surface area contributed by atoms with Crippen molar-refractivity contribution in [2.45, 2.75) is 19.8 Å². The Morgan fingerprint density at radius 3 is 2.48 bits per heavy atom. The molecule has 0 fully saturated rings. The van der Waals surface area contributed by atoms with Gasteiger partial charge in [0.25, 0.3) is 0 Å². The normalized spacial score (nSPS) is 12.4. The lowest BCUT2D eigenvalue weighted by Gasteiger charge is -2.20. The second kappa shape index (κ2) is 9.50. The fraction of sp³-hybridized carbons (Fsp3) is 0.350. The molecule has 27 heavy (non-hydrogen) atoms. The minimum atomic E-state index is -0.0888. The molecular weight excluding hydrogens is 414 g/mol. The van der Waals surface area contributed by atoms with Crippen molar-refractivity contribution in [1.29, 1.82) is 0 Å². The van der Waals surface area contributed by atoms with Crippen molar-refractivity contribution in [3.05, 3.63) is 40.9 Å². The van der Waals surface area contributed by atoms with Crippen LogP contribution in [0, 0.1) is 0 Å². The van der Waals surface area contributed by atoms with Crippen molar-refractivity contribution in [3.8, 4) is 23.0 Å². The molecule has 0 spiro atoms. The summed E-state index contributed by atoms with van der Waals surface area (Å²) in [6.45, 7) is 3.96. The second-order valence-corrected chi connectivity index (χ2v) is 6.71. The van der Waals surface area contributed by atoms with Crippen molar-refractivity contribution >= 4 is 27.5 Å². The lowest BCUT2D eigenvalue weighted by molar-refractivity contribution is -0.116. The predicted molar refractivity (Wildman–Crippen MR) is 106 cm³/mol. The van der Waals surface area contributed by atoms with E-state index < -0.39 is 0 Å². The molecule has 0 bridgehead atoms. The number of fused-ring (bicyclic) bond motifs is 1. The Morgan fingerprint density at radius 1 is 1.11 bits per heavy atom. The van der Waals surface area contributed by atoms with Crippen LogP contribution in [-0.2, 0) is 4.79 Å². The van der Waals surface area contributed by atoms with Gasteiger partial charge in [0.05, 0.1) is 18.9 Å². The quantitative estimate of drug-likeness (QED) is 0.621. The summed E-state index contributed by atoms with van der Waals surface area (Å²) >= 11 is 3.45. The smallest absolute Gasteiger partial charge is 0.224 e. The van der Waals surface area contributed by atoms with E-state index in [0.29, 0.717) is 68.0 Å². The summed E-state index contributed by atoms with van der Waals surface area (Å²) in [5.74, 6) is 2.62. The predicted octanol–water partition coefficient (Wildman–Crippen LogP) is 4.42. The van der Waals surface area contributed by atoms with Crippen LogP contribution in [0.4, 0.5) is 5.69 Å². The zero-order valence-electron chi connectivity index (χ0n) is 15.1. The molecule has 1 heterocycles. The third kappa shape index (κ3) is 5.29. The van der Waals surface area contributed by atoms with Gasteiger partial charge in [-0.25, -0.2) is 0 Å². The van der Waals surface area contributed by atoms with Gasteiger partial charge in [0.15, 0.2) is 23.0 Å². The molecule has 0 radical (unpaired) electrons. The van der Waals surface area contributed by atoms with Gasteiger partial charge in [-0.2, -0.15) is 0 Å². The molecule has 0 unspecified atom stereocenters. The summed E-state index contributed by atoms with van der Waals surface area (Å²) in [7, 11) is 0. The summed E-state index contributed by atoms with van der Waals surface area (Å²) < 4.78 is 23.1. The number of benzene rings is 2. The Balaban J connectivity index is 1.48. The SMILES string of the molecule is CCOc1ccccc1OCCCC(=O)Nc1cc2c(cc1Br)OCCO2. The largest absolute Gasteiger partial charge is 0.490 e. The van der Waals surface area contributed by atoms with Crippen molar-refractivity contribution < 1.29 is 23.7 Å². The Bertz CT molecular complexity index is 796. The van der Waals surface area contributed by atoms with Crippen LogP contribution in [0.15, 0.2) is 40.9 Å². The molecule has 0 aromatic heterocycles. The summed E-state index contributed by atoms with van der Waals surface area (Å²) in [4.78, 5) is 12.2. The minimum Gasteiger partial charge on any atom is -0.490 e. The number of ether oxygens (including phenoxy) is 4. The van der Waals surface area contributed by atoms with Crippen LogP contribution in [0.3, 0.4) is 0 Å². The summed E-state index contributed by atoms with van der Waals surface area (Å²) in [6, 6.07) is 11.1. The van der Waals surface area contributed by atoms with Gasteiger partial charge >= 0.3 is 0 Å². The number of para-hydroxylation sites is 2. The van der Waals surface area contributed by atoms with E-state index in [1.54, 1.807) is 12.1 Å². The second-order valence-electron chi connectivity index (χ2n) is 5.86. The zero-order chi connectivity index (χ0) is 19.1. The fourth-order valence-electron chi connectivity index (χ4n) is 2.63. The molecule has 7 heteroatoms. The Labute approximate surface area is 166 Å². The monoisotopic (exact) mass is 435 g/mol. The third-order valence-corrected chi connectivity index (χ3v) is 4.52. The van der Waals surface area contributed by atoms with E-state index in [1.165, 1.54) is 0 Å². The molecule has 0 aliphatic carbocycles. The number of halogens is 1. The summed E-state index contributed by atoms with van der Waals surface area (Å²) in [5.41, 5.74) is 0.659. The number of nitrogens with one attached hydrogen (secondary N) is 1. The molecule has 0 saturated carbocycles. The van der Waals surface area contributed by atoms with Crippen LogP contribution < -0.4 is 24.3 Å². The molecule has 3 rings (SSSR count). The number of carbonyl (C=O) groups excluding carboxylic acids is 1. The van der Waals surface area contributed by atoms with Gasteiger partial charge in [-0.15, -0.1) is 0 Å². The number of hydrogen-bond donors (Lipinski definition) is 1. The molecule has 1 N–H and O–H groups in total. The lowest BCUT2D eigenvalue weighted by atomic mass is 10.2. The highest BCUT2D eigenvalue weighted by Gasteiger charge is 2.16. The van der Waals surface area contributed by atoms with Gasteiger partial charge in [0.2, 0.25) is 5.91 Å². The van der Waals surface area contributed by atoms with E-state index in [9.17, 15) is 4.79 Å². The number of carbonyl (C=O) groups is 1. The minimum absolute atomic E-state index is 0.0888. The first-order valence-corrected chi connectivity index (χ1v) is 9.70. The van der Waals surface area contributed by atoms with Crippen molar-refractivity contribution in [3.63, 3.8) is 0 Å². The molecule has 2 aromatic carbocycles. The Morgan fingerprint density at radius 2 is 1.78 bits per heavy atom. The average Bonchev–Trinajstić information content (AvgIpc) is 2.67. The first-order valence-electron chi connectivity index (χ1n) is 8.91. The van der Waals surface area contributed by atoms with E-state index in [-0.39, 0.29) is 5.91 Å². The molecule has 6 nitrogen and oxygen atoms in total. The molecular formula is C20H22BrNO5. The van der Waals surface area contributed by atoms with Crippen molar-refractivity contribution in [2.75, 3.05) is 31.7 Å². The number of anilines is 1. The molecule has 1 aliphatic heterocycles. The van der Waals surface area contributed by atoms with Crippen LogP contribution in [0.25, 0.3) is 0 Å². The van der Waals surface area contributed by atoms with E-state index in [1.807, 2.05) is 31.2 Å². The van der Waals surface area contributed by atoms with Gasteiger partial charge in [-0.1, -0.05) is 12.1 Å². The van der Waals surface area contributed by atoms with Crippen LogP contribution in [-0.4, -0.2) is 32.3 Å². The highest BCUT2D eigenvalue weighted by molar-refractivity contribution is 9.10. The first kappa shape index (κ1) is 19.4. The van der Waals surface area contributed by atoms with Crippen LogP contribution >= 0.6 is 15.9 Å². The Hall–Kier alpha value is -2.41. The highest BCUT2D eigenvalue weighted by Crippen LogP contribution is 2.38. The van der Waals surface area contributed by atoms with E-state index in [2.05, 4.69) is 21.2 Å². The van der Waals surface area contributed by atoms with Gasteiger partial charge in [-0.3, -0.25) is 4.79 Å². The maximum Gasteiger partial charge on any atom is 0.224 e. The molecule has 2 aromatic rings. The standard InChI is InChI=1S/C20H22BrNO5/c1-2-24-16-6-3-4-7-17(16)25-9-5-8-20(23)22-15-13-19-18(12-14(15)21)26-10-11-27-19/h3-4,6-7,12-13H,2,5,8-11H2,1H3,(H,22,23). The van der Waals surface area contributed by atoms with Crippen molar-refractivity contribution in [2.24, 2.45) is 0 Å². The summed E-state index contributed by atoms with van der Waals surface area (Å²) in [6.07, 6.45) is 0.937. The lowest BCUT2D eigenvalue weighted by Crippen LogP contribution is -2.17. The molecule has 0 saturated heterocycles. The van der Waals surface area contributed by atoms with E-state index in [4.69, 9.17) is 18.9 Å². The third-order valence-electron chi connectivity index (χ3n) is 3.86. The first-order chi connectivity index (χ1) is 13.2. The molecule has 1 amide bonds. The van der Waals surface area contributed by atoms with Crippen LogP contribution in [0.2, 0.25) is 0 Å². The maximum absolute atomic E-state index is 12.2. The van der Waals surface area contributed by atoms with Gasteiger partial charge in [0.1, 0.15) is 13.2 Å². The number of amides is 1. The number of hydrogen-bond acceptors (Lipinski definition) is 5. The van der Waals surface area contributed by atoms with Crippen molar-refractivity contribution in [1.82, 2.24) is 0 Å². The molecule has 1 aliphatic rings. The van der Waals surface area contributed by atoms with Crippen LogP contribution in [0.5, 0.6) is 23.0 Å². The fourth-order valence-corrected chi connectivity index (χ4v) is 3.05. The number of rotatable bonds is 8.